The number of aryl methyl sites for hydroxylation is 1. The lowest BCUT2D eigenvalue weighted by Gasteiger charge is -2.17. The largest absolute Gasteiger partial charge is 0.313 e. The second-order valence-corrected chi connectivity index (χ2v) is 6.82. The SMILES string of the molecule is CNC(Cc1ccc(Br)s1)c1ccc(C)cc1F. The predicted molar refractivity (Wildman–Crippen MR) is 78.7 cm³/mol. The van der Waals surface area contributed by atoms with Gasteiger partial charge in [-0.2, -0.15) is 0 Å². The molecule has 0 saturated heterocycles. The first kappa shape index (κ1) is 13.7. The van der Waals surface area contributed by atoms with Gasteiger partial charge in [0.2, 0.25) is 0 Å². The molecule has 1 aromatic carbocycles. The summed E-state index contributed by atoms with van der Waals surface area (Å²) in [6, 6.07) is 9.52. The van der Waals surface area contributed by atoms with E-state index in [4.69, 9.17) is 0 Å². The number of rotatable bonds is 4. The van der Waals surface area contributed by atoms with E-state index in [9.17, 15) is 4.39 Å². The Morgan fingerprint density at radius 3 is 2.67 bits per heavy atom. The average molecular weight is 328 g/mol. The molecule has 2 aromatic rings. The summed E-state index contributed by atoms with van der Waals surface area (Å²) in [5.74, 6) is -0.134. The lowest BCUT2D eigenvalue weighted by molar-refractivity contribution is 0.535. The van der Waals surface area contributed by atoms with Gasteiger partial charge in [0.25, 0.3) is 0 Å². The molecule has 2 rings (SSSR count). The van der Waals surface area contributed by atoms with E-state index in [0.29, 0.717) is 0 Å². The average Bonchev–Trinajstić information content (AvgIpc) is 2.72. The van der Waals surface area contributed by atoms with Crippen LogP contribution in [0.25, 0.3) is 0 Å². The van der Waals surface area contributed by atoms with Gasteiger partial charge in [-0.05, 0) is 53.7 Å². The molecule has 1 N–H and O–H groups in total. The first-order chi connectivity index (χ1) is 8.60. The summed E-state index contributed by atoms with van der Waals surface area (Å²) < 4.78 is 15.1. The van der Waals surface area contributed by atoms with Crippen LogP contribution in [0.1, 0.15) is 22.0 Å². The summed E-state index contributed by atoms with van der Waals surface area (Å²) in [5, 5.41) is 3.19. The normalized spacial score (nSPS) is 12.7. The predicted octanol–water partition coefficient (Wildman–Crippen LogP) is 4.46. The van der Waals surface area contributed by atoms with Crippen LogP contribution in [-0.4, -0.2) is 7.05 Å². The van der Waals surface area contributed by atoms with Crippen LogP contribution < -0.4 is 5.32 Å². The summed E-state index contributed by atoms with van der Waals surface area (Å²) in [6.07, 6.45) is 0.798. The smallest absolute Gasteiger partial charge is 0.128 e. The van der Waals surface area contributed by atoms with E-state index in [1.807, 2.05) is 32.2 Å². The third kappa shape index (κ3) is 3.19. The molecule has 0 aliphatic rings. The number of benzene rings is 1. The van der Waals surface area contributed by atoms with Crippen molar-refractivity contribution in [2.45, 2.75) is 19.4 Å². The van der Waals surface area contributed by atoms with Gasteiger partial charge in [0, 0.05) is 22.9 Å². The molecular weight excluding hydrogens is 313 g/mol. The van der Waals surface area contributed by atoms with Crippen molar-refractivity contribution < 1.29 is 4.39 Å². The molecular formula is C14H15BrFNS. The number of likely N-dealkylation sites (N-methyl/N-ethyl adjacent to an activating group) is 1. The lowest BCUT2D eigenvalue weighted by Crippen LogP contribution is -2.19. The maximum atomic E-state index is 13.9. The van der Waals surface area contributed by atoms with Crippen molar-refractivity contribution in [2.24, 2.45) is 0 Å². The van der Waals surface area contributed by atoms with Crippen LogP contribution in [0.15, 0.2) is 34.1 Å². The molecule has 0 spiro atoms. The maximum absolute atomic E-state index is 13.9. The van der Waals surface area contributed by atoms with Crippen molar-refractivity contribution in [3.05, 3.63) is 55.9 Å². The molecule has 0 amide bonds. The molecule has 0 fully saturated rings. The van der Waals surface area contributed by atoms with Crippen LogP contribution in [-0.2, 0) is 6.42 Å². The molecule has 1 nitrogen and oxygen atoms in total. The number of nitrogens with one attached hydrogen (secondary N) is 1. The van der Waals surface area contributed by atoms with Crippen LogP contribution in [0.3, 0.4) is 0 Å². The maximum Gasteiger partial charge on any atom is 0.128 e. The zero-order chi connectivity index (χ0) is 13.1. The van der Waals surface area contributed by atoms with E-state index in [2.05, 4.69) is 27.3 Å². The van der Waals surface area contributed by atoms with Gasteiger partial charge in [-0.3, -0.25) is 0 Å². The fourth-order valence-corrected chi connectivity index (χ4v) is 3.47. The Bertz CT molecular complexity index is 538. The van der Waals surface area contributed by atoms with E-state index in [1.54, 1.807) is 17.4 Å². The Morgan fingerprint density at radius 1 is 1.33 bits per heavy atom. The van der Waals surface area contributed by atoms with Gasteiger partial charge in [-0.25, -0.2) is 4.39 Å². The first-order valence-corrected chi connectivity index (χ1v) is 7.38. The zero-order valence-electron chi connectivity index (χ0n) is 10.3. The van der Waals surface area contributed by atoms with E-state index in [-0.39, 0.29) is 11.9 Å². The molecule has 0 bridgehead atoms. The Kier molecular flexibility index (Phi) is 4.54. The van der Waals surface area contributed by atoms with Gasteiger partial charge in [0.15, 0.2) is 0 Å². The monoisotopic (exact) mass is 327 g/mol. The molecule has 96 valence electrons. The molecule has 1 aromatic heterocycles. The summed E-state index contributed by atoms with van der Waals surface area (Å²) >= 11 is 5.14. The van der Waals surface area contributed by atoms with Crippen molar-refractivity contribution in [3.8, 4) is 0 Å². The number of halogens is 2. The Hall–Kier alpha value is -0.710. The van der Waals surface area contributed by atoms with Gasteiger partial charge >= 0.3 is 0 Å². The quantitative estimate of drug-likeness (QED) is 0.874. The summed E-state index contributed by atoms with van der Waals surface area (Å²) in [4.78, 5) is 1.24. The molecule has 18 heavy (non-hydrogen) atoms. The van der Waals surface area contributed by atoms with Crippen LogP contribution in [0.4, 0.5) is 4.39 Å². The zero-order valence-corrected chi connectivity index (χ0v) is 12.7. The highest BCUT2D eigenvalue weighted by Gasteiger charge is 2.15. The van der Waals surface area contributed by atoms with Crippen LogP contribution in [0.2, 0.25) is 0 Å². The molecule has 1 atom stereocenters. The third-order valence-electron chi connectivity index (χ3n) is 2.91. The number of hydrogen-bond donors (Lipinski definition) is 1. The first-order valence-electron chi connectivity index (χ1n) is 5.77. The van der Waals surface area contributed by atoms with Crippen molar-refractivity contribution in [1.82, 2.24) is 5.32 Å². The number of thiophene rings is 1. The van der Waals surface area contributed by atoms with E-state index in [1.165, 1.54) is 4.88 Å². The summed E-state index contributed by atoms with van der Waals surface area (Å²) in [7, 11) is 1.87. The lowest BCUT2D eigenvalue weighted by atomic mass is 10.0. The minimum Gasteiger partial charge on any atom is -0.313 e. The molecule has 4 heteroatoms. The van der Waals surface area contributed by atoms with Crippen molar-refractivity contribution >= 4 is 27.3 Å². The van der Waals surface area contributed by atoms with Gasteiger partial charge in [0.1, 0.15) is 5.82 Å². The van der Waals surface area contributed by atoms with Crippen LogP contribution in [0.5, 0.6) is 0 Å². The topological polar surface area (TPSA) is 12.0 Å². The third-order valence-corrected chi connectivity index (χ3v) is 4.56. The Morgan fingerprint density at radius 2 is 2.11 bits per heavy atom. The fraction of sp³-hybridized carbons (Fsp3) is 0.286. The van der Waals surface area contributed by atoms with Crippen molar-refractivity contribution in [1.29, 1.82) is 0 Å². The molecule has 0 aliphatic heterocycles. The molecule has 0 saturated carbocycles. The Labute approximate surface area is 119 Å². The van der Waals surface area contributed by atoms with Crippen molar-refractivity contribution in [3.63, 3.8) is 0 Å². The van der Waals surface area contributed by atoms with Gasteiger partial charge in [-0.15, -0.1) is 11.3 Å². The van der Waals surface area contributed by atoms with E-state index in [0.717, 1.165) is 21.3 Å². The highest BCUT2D eigenvalue weighted by molar-refractivity contribution is 9.11. The molecule has 0 radical (unpaired) electrons. The second-order valence-electron chi connectivity index (χ2n) is 4.28. The van der Waals surface area contributed by atoms with Gasteiger partial charge < -0.3 is 5.32 Å². The highest BCUT2D eigenvalue weighted by atomic mass is 79.9. The highest BCUT2D eigenvalue weighted by Crippen LogP contribution is 2.28. The fourth-order valence-electron chi connectivity index (χ4n) is 1.94. The second kappa shape index (κ2) is 5.95. The number of hydrogen-bond acceptors (Lipinski definition) is 2. The molecule has 1 heterocycles. The summed E-state index contributed by atoms with van der Waals surface area (Å²) in [6.45, 7) is 1.90. The van der Waals surface area contributed by atoms with Crippen LogP contribution in [0, 0.1) is 12.7 Å². The molecule has 0 aliphatic carbocycles. The van der Waals surface area contributed by atoms with Gasteiger partial charge in [-0.1, -0.05) is 12.1 Å². The minimum atomic E-state index is -0.134. The van der Waals surface area contributed by atoms with Crippen molar-refractivity contribution in [2.75, 3.05) is 7.05 Å². The summed E-state index contributed by atoms with van der Waals surface area (Å²) in [5.41, 5.74) is 1.68. The van der Waals surface area contributed by atoms with Gasteiger partial charge in [0.05, 0.1) is 3.79 Å². The van der Waals surface area contributed by atoms with E-state index >= 15 is 0 Å². The minimum absolute atomic E-state index is 0.0103. The Balaban J connectivity index is 2.22. The van der Waals surface area contributed by atoms with E-state index < -0.39 is 0 Å². The standard InChI is InChI=1S/C14H15BrFNS/c1-9-3-5-11(12(16)7-9)13(17-2)8-10-4-6-14(15)18-10/h3-7,13,17H,8H2,1-2H3. The van der Waals surface area contributed by atoms with Crippen LogP contribution >= 0.6 is 27.3 Å². The molecule has 1 unspecified atom stereocenters.